The van der Waals surface area contributed by atoms with Crippen molar-refractivity contribution >= 4 is 51.3 Å². The molecule has 1 amide bonds. The van der Waals surface area contributed by atoms with Crippen LogP contribution in [-0.2, 0) is 9.53 Å². The van der Waals surface area contributed by atoms with Crippen molar-refractivity contribution in [3.8, 4) is 11.5 Å². The first-order valence-corrected chi connectivity index (χ1v) is 10.5. The van der Waals surface area contributed by atoms with Gasteiger partial charge >= 0.3 is 5.97 Å². The fraction of sp³-hybridized carbons (Fsp3) is 0.182. The van der Waals surface area contributed by atoms with Crippen molar-refractivity contribution in [3.05, 3.63) is 48.3 Å². The third-order valence-electron chi connectivity index (χ3n) is 4.78. The van der Waals surface area contributed by atoms with Crippen LogP contribution < -0.4 is 14.8 Å². The summed E-state index contributed by atoms with van der Waals surface area (Å²) < 4.78 is 15.4. The van der Waals surface area contributed by atoms with Gasteiger partial charge in [-0.15, -0.1) is 0 Å². The van der Waals surface area contributed by atoms with E-state index >= 15 is 0 Å². The van der Waals surface area contributed by atoms with Crippen LogP contribution >= 0.6 is 11.8 Å². The number of nitrogens with zero attached hydrogens (tertiary/aromatic N) is 2. The Hall–Kier alpha value is -3.79. The molecule has 10 heteroatoms. The Morgan fingerprint density at radius 1 is 1.03 bits per heavy atom. The molecule has 0 aliphatic carbocycles. The molecule has 0 fully saturated rings. The number of esters is 1. The molecular weight excluding hydrogens is 432 g/mol. The van der Waals surface area contributed by atoms with Crippen LogP contribution in [0.4, 0.5) is 5.69 Å². The van der Waals surface area contributed by atoms with Gasteiger partial charge in [0.25, 0.3) is 0 Å². The SMILES string of the molecule is COC(=O)c1ccc(NC(=O)CSc2ncnc3c2[nH]c2cc(OC)c(OC)cc23)cc1. The average molecular weight is 452 g/mol. The molecule has 0 bridgehead atoms. The maximum absolute atomic E-state index is 12.4. The van der Waals surface area contributed by atoms with Crippen LogP contribution in [0, 0.1) is 0 Å². The second-order valence-corrected chi connectivity index (χ2v) is 7.65. The lowest BCUT2D eigenvalue weighted by Gasteiger charge is -2.06. The number of rotatable bonds is 7. The van der Waals surface area contributed by atoms with Gasteiger partial charge < -0.3 is 24.5 Å². The van der Waals surface area contributed by atoms with Gasteiger partial charge in [0, 0.05) is 17.1 Å². The van der Waals surface area contributed by atoms with Crippen LogP contribution in [0.1, 0.15) is 10.4 Å². The van der Waals surface area contributed by atoms with E-state index < -0.39 is 5.97 Å². The van der Waals surface area contributed by atoms with Gasteiger partial charge in [-0.3, -0.25) is 4.79 Å². The highest BCUT2D eigenvalue weighted by molar-refractivity contribution is 8.00. The Morgan fingerprint density at radius 3 is 2.44 bits per heavy atom. The fourth-order valence-corrected chi connectivity index (χ4v) is 4.00. The molecule has 0 saturated heterocycles. The van der Waals surface area contributed by atoms with Crippen molar-refractivity contribution in [2.24, 2.45) is 0 Å². The summed E-state index contributed by atoms with van der Waals surface area (Å²) in [5.74, 6) is 0.719. The van der Waals surface area contributed by atoms with Gasteiger partial charge in [-0.25, -0.2) is 14.8 Å². The summed E-state index contributed by atoms with van der Waals surface area (Å²) in [7, 11) is 4.48. The number of aromatic nitrogens is 3. The number of thioether (sulfide) groups is 1. The van der Waals surface area contributed by atoms with Crippen molar-refractivity contribution in [2.45, 2.75) is 5.03 Å². The van der Waals surface area contributed by atoms with E-state index in [9.17, 15) is 9.59 Å². The average Bonchev–Trinajstić information content (AvgIpc) is 3.19. The van der Waals surface area contributed by atoms with Gasteiger partial charge in [0.1, 0.15) is 16.9 Å². The lowest BCUT2D eigenvalue weighted by atomic mass is 10.2. The first kappa shape index (κ1) is 21.4. The summed E-state index contributed by atoms with van der Waals surface area (Å²) in [6.45, 7) is 0. The van der Waals surface area contributed by atoms with E-state index in [1.165, 1.54) is 25.2 Å². The first-order chi connectivity index (χ1) is 15.5. The van der Waals surface area contributed by atoms with Crippen molar-refractivity contribution in [3.63, 3.8) is 0 Å². The highest BCUT2D eigenvalue weighted by Crippen LogP contribution is 2.36. The molecule has 0 spiro atoms. The molecule has 2 N–H and O–H groups in total. The number of amides is 1. The van der Waals surface area contributed by atoms with Crippen LogP contribution in [0.5, 0.6) is 11.5 Å². The number of ether oxygens (including phenoxy) is 3. The number of nitrogens with one attached hydrogen (secondary N) is 2. The minimum Gasteiger partial charge on any atom is -0.493 e. The van der Waals surface area contributed by atoms with Gasteiger partial charge in [-0.2, -0.15) is 0 Å². The highest BCUT2D eigenvalue weighted by atomic mass is 32.2. The zero-order valence-electron chi connectivity index (χ0n) is 17.6. The molecule has 4 rings (SSSR count). The van der Waals surface area contributed by atoms with Crippen molar-refractivity contribution in [2.75, 3.05) is 32.4 Å². The number of anilines is 1. The number of benzene rings is 2. The number of carbonyl (C=O) groups is 2. The summed E-state index contributed by atoms with van der Waals surface area (Å²) in [6, 6.07) is 10.2. The molecule has 0 radical (unpaired) electrons. The molecule has 2 heterocycles. The maximum atomic E-state index is 12.4. The van der Waals surface area contributed by atoms with E-state index in [-0.39, 0.29) is 11.7 Å². The summed E-state index contributed by atoms with van der Waals surface area (Å²) in [5.41, 5.74) is 3.29. The Bertz CT molecular complexity index is 1300. The summed E-state index contributed by atoms with van der Waals surface area (Å²) in [6.07, 6.45) is 1.47. The molecule has 2 aromatic heterocycles. The highest BCUT2D eigenvalue weighted by Gasteiger charge is 2.16. The third kappa shape index (κ3) is 4.17. The number of H-pyrrole nitrogens is 1. The number of aromatic amines is 1. The Kier molecular flexibility index (Phi) is 6.13. The second-order valence-electron chi connectivity index (χ2n) is 6.69. The normalized spacial score (nSPS) is 10.8. The van der Waals surface area contributed by atoms with Crippen LogP contribution in [-0.4, -0.2) is 53.9 Å². The zero-order chi connectivity index (χ0) is 22.7. The largest absolute Gasteiger partial charge is 0.493 e. The van der Waals surface area contributed by atoms with Crippen molar-refractivity contribution in [1.82, 2.24) is 15.0 Å². The molecule has 32 heavy (non-hydrogen) atoms. The lowest BCUT2D eigenvalue weighted by molar-refractivity contribution is -0.113. The van der Waals surface area contributed by atoms with Crippen molar-refractivity contribution < 1.29 is 23.8 Å². The zero-order valence-corrected chi connectivity index (χ0v) is 18.4. The molecule has 0 aliphatic heterocycles. The predicted molar refractivity (Wildman–Crippen MR) is 122 cm³/mol. The minimum atomic E-state index is -0.431. The second kappa shape index (κ2) is 9.15. The maximum Gasteiger partial charge on any atom is 0.337 e. The van der Waals surface area contributed by atoms with Crippen LogP contribution in [0.15, 0.2) is 47.8 Å². The fourth-order valence-electron chi connectivity index (χ4n) is 3.25. The molecular formula is C22H20N4O5S. The molecule has 164 valence electrons. The number of methoxy groups -OCH3 is 3. The van der Waals surface area contributed by atoms with E-state index in [0.29, 0.717) is 27.8 Å². The van der Waals surface area contributed by atoms with E-state index in [0.717, 1.165) is 21.9 Å². The van der Waals surface area contributed by atoms with E-state index in [1.807, 2.05) is 12.1 Å². The third-order valence-corrected chi connectivity index (χ3v) is 5.77. The molecule has 0 saturated carbocycles. The predicted octanol–water partition coefficient (Wildman–Crippen LogP) is 3.65. The number of carbonyl (C=O) groups excluding carboxylic acids is 2. The smallest absolute Gasteiger partial charge is 0.337 e. The minimum absolute atomic E-state index is 0.146. The summed E-state index contributed by atoms with van der Waals surface area (Å²) in [4.78, 5) is 36.0. The molecule has 9 nitrogen and oxygen atoms in total. The van der Waals surface area contributed by atoms with E-state index in [1.54, 1.807) is 38.5 Å². The van der Waals surface area contributed by atoms with Gasteiger partial charge in [0.15, 0.2) is 11.5 Å². The quantitative estimate of drug-likeness (QED) is 0.248. The van der Waals surface area contributed by atoms with Gasteiger partial charge in [0.2, 0.25) is 5.91 Å². The summed E-state index contributed by atoms with van der Waals surface area (Å²) >= 11 is 1.29. The van der Waals surface area contributed by atoms with Gasteiger partial charge in [0.05, 0.1) is 43.7 Å². The Labute approximate surface area is 187 Å². The van der Waals surface area contributed by atoms with Crippen molar-refractivity contribution in [1.29, 1.82) is 0 Å². The summed E-state index contributed by atoms with van der Waals surface area (Å²) in [5, 5.41) is 4.33. The topological polar surface area (TPSA) is 115 Å². The van der Waals surface area contributed by atoms with Gasteiger partial charge in [-0.1, -0.05) is 11.8 Å². The van der Waals surface area contributed by atoms with E-state index in [4.69, 9.17) is 9.47 Å². The van der Waals surface area contributed by atoms with Gasteiger partial charge in [-0.05, 0) is 30.3 Å². The Balaban J connectivity index is 1.51. The molecule has 4 aromatic rings. The number of hydrogen-bond donors (Lipinski definition) is 2. The monoisotopic (exact) mass is 452 g/mol. The molecule has 0 unspecified atom stereocenters. The van der Waals surface area contributed by atoms with Crippen LogP contribution in [0.25, 0.3) is 21.9 Å². The molecule has 0 atom stereocenters. The number of fused-ring (bicyclic) bond motifs is 3. The first-order valence-electron chi connectivity index (χ1n) is 9.53. The van der Waals surface area contributed by atoms with E-state index in [2.05, 4.69) is 25.0 Å². The number of hydrogen-bond acceptors (Lipinski definition) is 8. The standard InChI is InChI=1S/C22H20N4O5S/c1-29-16-8-14-15(9-17(16)30-2)26-20-19(14)23-11-24-21(20)32-10-18(27)25-13-6-4-12(5-7-13)22(28)31-3/h4-9,11,26H,10H2,1-3H3,(H,25,27). The lowest BCUT2D eigenvalue weighted by Crippen LogP contribution is -2.14. The van der Waals surface area contributed by atoms with Crippen LogP contribution in [0.2, 0.25) is 0 Å². The molecule has 0 aliphatic rings. The molecule has 2 aromatic carbocycles. The van der Waals surface area contributed by atoms with Crippen LogP contribution in [0.3, 0.4) is 0 Å². The Morgan fingerprint density at radius 2 is 1.75 bits per heavy atom.